The Morgan fingerprint density at radius 1 is 1.00 bits per heavy atom. The largest absolute Gasteiger partial charge is 0.352 e. The van der Waals surface area contributed by atoms with E-state index in [1.807, 2.05) is 4.90 Å². The second-order valence-corrected chi connectivity index (χ2v) is 8.83. The maximum Gasteiger partial charge on any atom is 0.234 e. The Balaban J connectivity index is 1.34. The molecule has 3 aliphatic rings. The molecule has 1 unspecified atom stereocenters. The summed E-state index contributed by atoms with van der Waals surface area (Å²) in [6.45, 7) is 8.03. The SMILES string of the molecule is CC(CC(=O)N1CCN(CC(=O)NC2CCCCC2)CC1)C1CCNCC1. The Morgan fingerprint density at radius 3 is 2.33 bits per heavy atom. The van der Waals surface area contributed by atoms with Crippen molar-refractivity contribution in [1.29, 1.82) is 0 Å². The van der Waals surface area contributed by atoms with Crippen molar-refractivity contribution in [3.63, 3.8) is 0 Å². The van der Waals surface area contributed by atoms with Gasteiger partial charge in [0.25, 0.3) is 0 Å². The minimum Gasteiger partial charge on any atom is -0.352 e. The molecule has 27 heavy (non-hydrogen) atoms. The van der Waals surface area contributed by atoms with Gasteiger partial charge in [-0.3, -0.25) is 14.5 Å². The molecule has 0 aromatic carbocycles. The van der Waals surface area contributed by atoms with Crippen molar-refractivity contribution in [3.05, 3.63) is 0 Å². The van der Waals surface area contributed by atoms with Crippen LogP contribution in [0.2, 0.25) is 0 Å². The number of piperidine rings is 1. The lowest BCUT2D eigenvalue weighted by atomic mass is 9.84. The van der Waals surface area contributed by atoms with E-state index in [9.17, 15) is 9.59 Å². The zero-order valence-corrected chi connectivity index (χ0v) is 17.0. The maximum atomic E-state index is 12.7. The fraction of sp³-hybridized carbons (Fsp3) is 0.905. The third-order valence-electron chi connectivity index (χ3n) is 6.75. The summed E-state index contributed by atoms with van der Waals surface area (Å²) in [5.41, 5.74) is 0. The van der Waals surface area contributed by atoms with Gasteiger partial charge in [0, 0.05) is 38.6 Å². The molecule has 1 aliphatic carbocycles. The van der Waals surface area contributed by atoms with Gasteiger partial charge in [-0.25, -0.2) is 0 Å². The van der Waals surface area contributed by atoms with E-state index in [2.05, 4.69) is 22.5 Å². The monoisotopic (exact) mass is 378 g/mol. The van der Waals surface area contributed by atoms with Crippen molar-refractivity contribution in [2.45, 2.75) is 64.3 Å². The van der Waals surface area contributed by atoms with Gasteiger partial charge >= 0.3 is 0 Å². The summed E-state index contributed by atoms with van der Waals surface area (Å²) in [6.07, 6.45) is 9.09. The molecule has 3 fully saturated rings. The molecule has 0 radical (unpaired) electrons. The van der Waals surface area contributed by atoms with Crippen LogP contribution in [0.25, 0.3) is 0 Å². The molecular weight excluding hydrogens is 340 g/mol. The molecule has 0 bridgehead atoms. The van der Waals surface area contributed by atoms with Gasteiger partial charge in [-0.1, -0.05) is 26.2 Å². The lowest BCUT2D eigenvalue weighted by Crippen LogP contribution is -2.52. The molecule has 2 amide bonds. The summed E-state index contributed by atoms with van der Waals surface area (Å²) >= 11 is 0. The minimum atomic E-state index is 0.154. The van der Waals surface area contributed by atoms with Gasteiger partial charge in [0.1, 0.15) is 0 Å². The van der Waals surface area contributed by atoms with Crippen LogP contribution in [0.1, 0.15) is 58.3 Å². The molecule has 2 aliphatic heterocycles. The van der Waals surface area contributed by atoms with E-state index in [-0.39, 0.29) is 5.91 Å². The number of hydrogen-bond acceptors (Lipinski definition) is 4. The van der Waals surface area contributed by atoms with E-state index < -0.39 is 0 Å². The van der Waals surface area contributed by atoms with Gasteiger partial charge < -0.3 is 15.5 Å². The average Bonchev–Trinajstić information content (AvgIpc) is 2.70. The standard InChI is InChI=1S/C21H38N4O2/c1-17(18-7-9-22-10-8-18)15-21(27)25-13-11-24(12-14-25)16-20(26)23-19-5-3-2-4-6-19/h17-19,22H,2-16H2,1H3,(H,23,26). The Labute approximate surface area is 164 Å². The number of hydrogen-bond donors (Lipinski definition) is 2. The second-order valence-electron chi connectivity index (χ2n) is 8.83. The lowest BCUT2D eigenvalue weighted by molar-refractivity contribution is -0.134. The topological polar surface area (TPSA) is 64.7 Å². The van der Waals surface area contributed by atoms with E-state index in [0.717, 1.165) is 52.1 Å². The van der Waals surface area contributed by atoms with Gasteiger partial charge in [-0.2, -0.15) is 0 Å². The Hall–Kier alpha value is -1.14. The van der Waals surface area contributed by atoms with Crippen molar-refractivity contribution in [2.75, 3.05) is 45.8 Å². The fourth-order valence-corrected chi connectivity index (χ4v) is 4.86. The number of rotatable bonds is 6. The highest BCUT2D eigenvalue weighted by Gasteiger charge is 2.27. The quantitative estimate of drug-likeness (QED) is 0.737. The first-order valence-electron chi connectivity index (χ1n) is 11.1. The van der Waals surface area contributed by atoms with E-state index in [1.54, 1.807) is 0 Å². The summed E-state index contributed by atoms with van der Waals surface area (Å²) in [4.78, 5) is 29.1. The minimum absolute atomic E-state index is 0.154. The molecule has 0 aromatic rings. The first-order chi connectivity index (χ1) is 13.1. The molecule has 0 spiro atoms. The van der Waals surface area contributed by atoms with Gasteiger partial charge in [0.15, 0.2) is 0 Å². The second kappa shape index (κ2) is 10.4. The van der Waals surface area contributed by atoms with Crippen molar-refractivity contribution in [2.24, 2.45) is 11.8 Å². The average molecular weight is 379 g/mol. The third kappa shape index (κ3) is 6.46. The zero-order chi connectivity index (χ0) is 19.1. The number of nitrogens with one attached hydrogen (secondary N) is 2. The number of piperazine rings is 1. The highest BCUT2D eigenvalue weighted by atomic mass is 16.2. The summed E-state index contributed by atoms with van der Waals surface area (Å²) in [7, 11) is 0. The maximum absolute atomic E-state index is 12.7. The lowest BCUT2D eigenvalue weighted by Gasteiger charge is -2.36. The highest BCUT2D eigenvalue weighted by molar-refractivity contribution is 5.78. The van der Waals surface area contributed by atoms with Crippen LogP contribution in [0.4, 0.5) is 0 Å². The van der Waals surface area contributed by atoms with Gasteiger partial charge in [0.05, 0.1) is 6.54 Å². The zero-order valence-electron chi connectivity index (χ0n) is 17.0. The number of carbonyl (C=O) groups is 2. The summed E-state index contributed by atoms with van der Waals surface area (Å²) in [6, 6.07) is 0.380. The summed E-state index contributed by atoms with van der Waals surface area (Å²) in [5.74, 6) is 1.60. The van der Waals surface area contributed by atoms with E-state index in [4.69, 9.17) is 0 Å². The number of amides is 2. The first-order valence-corrected chi connectivity index (χ1v) is 11.1. The van der Waals surface area contributed by atoms with E-state index in [1.165, 1.54) is 32.1 Å². The van der Waals surface area contributed by atoms with Crippen LogP contribution in [-0.4, -0.2) is 73.5 Å². The highest BCUT2D eigenvalue weighted by Crippen LogP contribution is 2.25. The Morgan fingerprint density at radius 2 is 1.67 bits per heavy atom. The molecule has 2 N–H and O–H groups in total. The van der Waals surface area contributed by atoms with Crippen LogP contribution in [0, 0.1) is 11.8 Å². The van der Waals surface area contributed by atoms with Crippen molar-refractivity contribution in [3.8, 4) is 0 Å². The predicted molar refractivity (Wildman–Crippen MR) is 107 cm³/mol. The number of carbonyl (C=O) groups excluding carboxylic acids is 2. The van der Waals surface area contributed by atoms with Crippen molar-refractivity contribution in [1.82, 2.24) is 20.4 Å². The van der Waals surface area contributed by atoms with Crippen LogP contribution >= 0.6 is 0 Å². The predicted octanol–water partition coefficient (Wildman–Crippen LogP) is 1.61. The fourth-order valence-electron chi connectivity index (χ4n) is 4.86. The van der Waals surface area contributed by atoms with Gasteiger partial charge in [0.2, 0.25) is 11.8 Å². The van der Waals surface area contributed by atoms with Gasteiger partial charge in [-0.05, 0) is 50.6 Å². The normalized spacial score (nSPS) is 24.6. The molecule has 6 nitrogen and oxygen atoms in total. The molecule has 1 saturated carbocycles. The van der Waals surface area contributed by atoms with Crippen LogP contribution < -0.4 is 10.6 Å². The van der Waals surface area contributed by atoms with Crippen LogP contribution in [0.5, 0.6) is 0 Å². The van der Waals surface area contributed by atoms with E-state index >= 15 is 0 Å². The van der Waals surface area contributed by atoms with Gasteiger partial charge in [-0.15, -0.1) is 0 Å². The molecule has 154 valence electrons. The molecule has 0 aromatic heterocycles. The van der Waals surface area contributed by atoms with Crippen LogP contribution in [-0.2, 0) is 9.59 Å². The Kier molecular flexibility index (Phi) is 7.94. The third-order valence-corrected chi connectivity index (χ3v) is 6.75. The first kappa shape index (κ1) is 20.6. The molecule has 1 atom stereocenters. The van der Waals surface area contributed by atoms with E-state index in [0.29, 0.717) is 36.8 Å². The van der Waals surface area contributed by atoms with Crippen molar-refractivity contribution < 1.29 is 9.59 Å². The van der Waals surface area contributed by atoms with Crippen LogP contribution in [0.15, 0.2) is 0 Å². The molecule has 3 rings (SSSR count). The smallest absolute Gasteiger partial charge is 0.234 e. The molecular formula is C21H38N4O2. The molecule has 2 saturated heterocycles. The van der Waals surface area contributed by atoms with Crippen LogP contribution in [0.3, 0.4) is 0 Å². The molecule has 2 heterocycles. The summed E-state index contributed by atoms with van der Waals surface area (Å²) in [5, 5.41) is 6.60. The summed E-state index contributed by atoms with van der Waals surface area (Å²) < 4.78 is 0. The molecule has 6 heteroatoms. The Bertz CT molecular complexity index is 479. The number of nitrogens with zero attached hydrogens (tertiary/aromatic N) is 2. The van der Waals surface area contributed by atoms with Crippen molar-refractivity contribution >= 4 is 11.8 Å².